The molecule has 2 aromatic rings. The fraction of sp³-hybridized carbons (Fsp3) is 0.167. The number of phenols is 1. The van der Waals surface area contributed by atoms with Crippen LogP contribution in [0.4, 0.5) is 0 Å². The number of esters is 2. The molecule has 0 saturated heterocycles. The number of methoxy groups -OCH3 is 1. The van der Waals surface area contributed by atoms with Gasteiger partial charge >= 0.3 is 11.9 Å². The van der Waals surface area contributed by atoms with Crippen molar-refractivity contribution in [2.45, 2.75) is 6.92 Å². The van der Waals surface area contributed by atoms with Crippen LogP contribution in [-0.2, 0) is 9.53 Å². The normalized spacial score (nSPS) is 10.3. The Labute approximate surface area is 102 Å². The standard InChI is InChI=1S/C12H11NO5/c1-6(14)18-7-3-9-8(11(15)4-7)5-10(13-9)12(16)17-2/h3-5,13,15H,1-2H3. The maximum atomic E-state index is 11.3. The number of benzene rings is 1. The third kappa shape index (κ3) is 2.13. The van der Waals surface area contributed by atoms with Crippen LogP contribution in [0.25, 0.3) is 10.9 Å². The first kappa shape index (κ1) is 12.0. The zero-order valence-electron chi connectivity index (χ0n) is 9.81. The molecule has 0 fully saturated rings. The average molecular weight is 249 g/mol. The first-order valence-corrected chi connectivity index (χ1v) is 5.13. The molecule has 1 heterocycles. The number of ether oxygens (including phenoxy) is 2. The van der Waals surface area contributed by atoms with E-state index in [-0.39, 0.29) is 17.2 Å². The minimum absolute atomic E-state index is 0.0878. The third-order valence-corrected chi connectivity index (χ3v) is 2.36. The van der Waals surface area contributed by atoms with Crippen molar-refractivity contribution >= 4 is 22.8 Å². The number of carbonyl (C=O) groups excluding carboxylic acids is 2. The lowest BCUT2D eigenvalue weighted by molar-refractivity contribution is -0.131. The second-order valence-corrected chi connectivity index (χ2v) is 3.67. The summed E-state index contributed by atoms with van der Waals surface area (Å²) in [4.78, 5) is 24.9. The zero-order chi connectivity index (χ0) is 13.3. The van der Waals surface area contributed by atoms with Crippen LogP contribution in [0.3, 0.4) is 0 Å². The Morgan fingerprint density at radius 2 is 2.00 bits per heavy atom. The number of aromatic amines is 1. The molecule has 0 aliphatic carbocycles. The quantitative estimate of drug-likeness (QED) is 0.623. The lowest BCUT2D eigenvalue weighted by Gasteiger charge is -2.02. The number of hydrogen-bond donors (Lipinski definition) is 2. The van der Waals surface area contributed by atoms with E-state index in [9.17, 15) is 14.7 Å². The fourth-order valence-corrected chi connectivity index (χ4v) is 1.64. The molecule has 6 heteroatoms. The Kier molecular flexibility index (Phi) is 2.93. The average Bonchev–Trinajstić information content (AvgIpc) is 2.71. The molecule has 0 saturated carbocycles. The zero-order valence-corrected chi connectivity index (χ0v) is 9.81. The maximum absolute atomic E-state index is 11.3. The summed E-state index contributed by atoms with van der Waals surface area (Å²) in [6.07, 6.45) is 0. The van der Waals surface area contributed by atoms with Gasteiger partial charge in [0.1, 0.15) is 17.2 Å². The predicted molar refractivity (Wildman–Crippen MR) is 62.6 cm³/mol. The fourth-order valence-electron chi connectivity index (χ4n) is 1.64. The van der Waals surface area contributed by atoms with E-state index in [1.165, 1.54) is 32.2 Å². The second-order valence-electron chi connectivity index (χ2n) is 3.67. The predicted octanol–water partition coefficient (Wildman–Crippen LogP) is 1.59. The van der Waals surface area contributed by atoms with Crippen LogP contribution in [0.2, 0.25) is 0 Å². The number of aromatic nitrogens is 1. The number of phenolic OH excluding ortho intramolecular Hbond substituents is 1. The van der Waals surface area contributed by atoms with Crippen LogP contribution >= 0.6 is 0 Å². The van der Waals surface area contributed by atoms with Gasteiger partial charge in [0.25, 0.3) is 0 Å². The molecule has 18 heavy (non-hydrogen) atoms. The highest BCUT2D eigenvalue weighted by Crippen LogP contribution is 2.31. The van der Waals surface area contributed by atoms with Crippen LogP contribution in [0, 0.1) is 0 Å². The Bertz CT molecular complexity index is 629. The van der Waals surface area contributed by atoms with Crippen molar-refractivity contribution in [3.63, 3.8) is 0 Å². The minimum atomic E-state index is -0.542. The first-order valence-electron chi connectivity index (χ1n) is 5.13. The van der Waals surface area contributed by atoms with Gasteiger partial charge in [0, 0.05) is 24.4 Å². The topological polar surface area (TPSA) is 88.6 Å². The summed E-state index contributed by atoms with van der Waals surface area (Å²) in [5.41, 5.74) is 0.689. The van der Waals surface area contributed by atoms with E-state index in [0.717, 1.165) is 0 Å². The lowest BCUT2D eigenvalue weighted by Crippen LogP contribution is -2.01. The lowest BCUT2D eigenvalue weighted by atomic mass is 10.2. The van der Waals surface area contributed by atoms with Crippen LogP contribution in [-0.4, -0.2) is 29.1 Å². The number of rotatable bonds is 2. The van der Waals surface area contributed by atoms with Gasteiger partial charge in [0.05, 0.1) is 12.6 Å². The van der Waals surface area contributed by atoms with Gasteiger partial charge in [-0.1, -0.05) is 0 Å². The number of nitrogens with one attached hydrogen (secondary N) is 1. The van der Waals surface area contributed by atoms with Crippen LogP contribution in [0.1, 0.15) is 17.4 Å². The Hall–Kier alpha value is -2.50. The summed E-state index contributed by atoms with van der Waals surface area (Å²) >= 11 is 0. The number of carbonyl (C=O) groups is 2. The summed E-state index contributed by atoms with van der Waals surface area (Å²) in [7, 11) is 1.26. The SMILES string of the molecule is COC(=O)c1cc2c(O)cc(OC(C)=O)cc2[nH]1. The second kappa shape index (κ2) is 4.40. The molecule has 6 nitrogen and oxygen atoms in total. The molecule has 1 aromatic carbocycles. The monoisotopic (exact) mass is 249 g/mol. The molecular weight excluding hydrogens is 238 g/mol. The summed E-state index contributed by atoms with van der Waals surface area (Å²) in [5.74, 6) is -0.922. The molecule has 0 aliphatic heterocycles. The van der Waals surface area contributed by atoms with Crippen molar-refractivity contribution in [3.05, 3.63) is 23.9 Å². The summed E-state index contributed by atoms with van der Waals surface area (Å²) in [6.45, 7) is 1.26. The molecule has 0 atom stereocenters. The number of H-pyrrole nitrogens is 1. The van der Waals surface area contributed by atoms with Gasteiger partial charge < -0.3 is 19.6 Å². The highest BCUT2D eigenvalue weighted by molar-refractivity contribution is 5.97. The van der Waals surface area contributed by atoms with E-state index < -0.39 is 11.9 Å². The third-order valence-electron chi connectivity index (χ3n) is 2.36. The number of aromatic hydroxyl groups is 1. The summed E-state index contributed by atoms with van der Waals surface area (Å²) < 4.78 is 9.43. The molecule has 0 spiro atoms. The number of fused-ring (bicyclic) bond motifs is 1. The van der Waals surface area contributed by atoms with Gasteiger partial charge in [-0.2, -0.15) is 0 Å². The first-order chi connectivity index (χ1) is 8.51. The van der Waals surface area contributed by atoms with Gasteiger partial charge in [-0.25, -0.2) is 4.79 Å². The van der Waals surface area contributed by atoms with Crippen molar-refractivity contribution in [3.8, 4) is 11.5 Å². The Morgan fingerprint density at radius 1 is 1.28 bits per heavy atom. The molecule has 1 aromatic heterocycles. The molecule has 0 radical (unpaired) electrons. The number of hydrogen-bond acceptors (Lipinski definition) is 5. The van der Waals surface area contributed by atoms with Gasteiger partial charge in [0.2, 0.25) is 0 Å². The van der Waals surface area contributed by atoms with Gasteiger partial charge in [0.15, 0.2) is 0 Å². The van der Waals surface area contributed by atoms with Crippen LogP contribution in [0.15, 0.2) is 18.2 Å². The maximum Gasteiger partial charge on any atom is 0.354 e. The minimum Gasteiger partial charge on any atom is -0.507 e. The van der Waals surface area contributed by atoms with Crippen molar-refractivity contribution in [1.82, 2.24) is 4.98 Å². The Morgan fingerprint density at radius 3 is 2.61 bits per heavy atom. The Balaban J connectivity index is 2.52. The van der Waals surface area contributed by atoms with Crippen LogP contribution in [0.5, 0.6) is 11.5 Å². The largest absolute Gasteiger partial charge is 0.507 e. The van der Waals surface area contributed by atoms with Gasteiger partial charge in [-0.15, -0.1) is 0 Å². The highest BCUT2D eigenvalue weighted by atomic mass is 16.5. The molecular formula is C12H11NO5. The molecule has 0 unspecified atom stereocenters. The highest BCUT2D eigenvalue weighted by Gasteiger charge is 2.13. The smallest absolute Gasteiger partial charge is 0.354 e. The molecule has 0 amide bonds. The molecule has 2 rings (SSSR count). The van der Waals surface area contributed by atoms with E-state index in [4.69, 9.17) is 4.74 Å². The van der Waals surface area contributed by atoms with Crippen molar-refractivity contribution < 1.29 is 24.2 Å². The van der Waals surface area contributed by atoms with Gasteiger partial charge in [-0.05, 0) is 6.07 Å². The summed E-state index contributed by atoms with van der Waals surface area (Å²) in [5, 5.41) is 10.2. The van der Waals surface area contributed by atoms with E-state index in [1.54, 1.807) is 0 Å². The van der Waals surface area contributed by atoms with Gasteiger partial charge in [-0.3, -0.25) is 4.79 Å². The van der Waals surface area contributed by atoms with Crippen molar-refractivity contribution in [1.29, 1.82) is 0 Å². The van der Waals surface area contributed by atoms with Crippen molar-refractivity contribution in [2.24, 2.45) is 0 Å². The van der Waals surface area contributed by atoms with E-state index >= 15 is 0 Å². The molecule has 0 aliphatic rings. The van der Waals surface area contributed by atoms with E-state index in [0.29, 0.717) is 10.9 Å². The van der Waals surface area contributed by atoms with E-state index in [1.807, 2.05) is 0 Å². The molecule has 2 N–H and O–H groups in total. The van der Waals surface area contributed by atoms with Crippen LogP contribution < -0.4 is 4.74 Å². The van der Waals surface area contributed by atoms with Crippen molar-refractivity contribution in [2.75, 3.05) is 7.11 Å². The molecule has 94 valence electrons. The summed E-state index contributed by atoms with van der Waals surface area (Å²) in [6, 6.07) is 4.29. The molecule has 0 bridgehead atoms. The van der Waals surface area contributed by atoms with E-state index in [2.05, 4.69) is 9.72 Å².